The maximum atomic E-state index is 12.7. The van der Waals surface area contributed by atoms with Crippen molar-refractivity contribution in [3.63, 3.8) is 0 Å². The van der Waals surface area contributed by atoms with E-state index >= 15 is 0 Å². The topological polar surface area (TPSA) is 86.1 Å². The molecule has 0 saturated carbocycles. The largest absolute Gasteiger partial charge is 0.321 e. The highest BCUT2D eigenvalue weighted by atomic mass is 16.2. The van der Waals surface area contributed by atoms with Gasteiger partial charge in [-0.3, -0.25) is 14.6 Å². The lowest BCUT2D eigenvalue weighted by atomic mass is 10.1. The number of rotatable bonds is 4. The third-order valence-corrected chi connectivity index (χ3v) is 3.94. The van der Waals surface area contributed by atoms with Crippen LogP contribution in [0.1, 0.15) is 26.4 Å². The van der Waals surface area contributed by atoms with Gasteiger partial charge in [0.15, 0.2) is 0 Å². The maximum Gasteiger partial charge on any atom is 0.274 e. The van der Waals surface area contributed by atoms with E-state index in [1.54, 1.807) is 37.4 Å². The molecule has 2 amide bonds. The molecule has 3 rings (SSSR count). The molecule has 0 saturated heterocycles. The van der Waals surface area contributed by atoms with Gasteiger partial charge >= 0.3 is 0 Å². The first-order valence-corrected chi connectivity index (χ1v) is 8.19. The second-order valence-electron chi connectivity index (χ2n) is 5.78. The van der Waals surface area contributed by atoms with E-state index in [4.69, 9.17) is 5.26 Å². The molecular weight excluding hydrogens is 340 g/mol. The number of benzene rings is 2. The van der Waals surface area contributed by atoms with Crippen LogP contribution >= 0.6 is 0 Å². The number of nitriles is 1. The SMILES string of the molecule is CN(C(=O)c1ccnc(C(=O)Nc2cccc(C#N)c2)c1)c1ccccc1. The van der Waals surface area contributed by atoms with Gasteiger partial charge in [0.1, 0.15) is 5.69 Å². The van der Waals surface area contributed by atoms with Crippen LogP contribution < -0.4 is 10.2 Å². The molecule has 1 N–H and O–H groups in total. The van der Waals surface area contributed by atoms with E-state index in [1.165, 1.54) is 17.2 Å². The van der Waals surface area contributed by atoms with Crippen LogP contribution in [0.15, 0.2) is 72.9 Å². The second kappa shape index (κ2) is 7.93. The highest BCUT2D eigenvalue weighted by Crippen LogP contribution is 2.16. The number of anilines is 2. The quantitative estimate of drug-likeness (QED) is 0.775. The first kappa shape index (κ1) is 17.8. The van der Waals surface area contributed by atoms with Gasteiger partial charge in [0.2, 0.25) is 0 Å². The number of carbonyl (C=O) groups is 2. The second-order valence-corrected chi connectivity index (χ2v) is 5.78. The number of aromatic nitrogens is 1. The summed E-state index contributed by atoms with van der Waals surface area (Å²) in [5.74, 6) is -0.703. The molecule has 0 aliphatic rings. The molecule has 3 aromatic rings. The molecule has 0 bridgehead atoms. The van der Waals surface area contributed by atoms with Crippen LogP contribution in [0.25, 0.3) is 0 Å². The Morgan fingerprint density at radius 2 is 1.81 bits per heavy atom. The molecule has 1 heterocycles. The molecule has 0 aliphatic carbocycles. The Morgan fingerprint density at radius 1 is 1.04 bits per heavy atom. The molecule has 132 valence electrons. The third kappa shape index (κ3) is 4.17. The molecule has 6 nitrogen and oxygen atoms in total. The zero-order chi connectivity index (χ0) is 19.2. The van der Waals surface area contributed by atoms with Gasteiger partial charge in [-0.25, -0.2) is 0 Å². The van der Waals surface area contributed by atoms with Gasteiger partial charge in [-0.15, -0.1) is 0 Å². The van der Waals surface area contributed by atoms with Crippen LogP contribution in [0.2, 0.25) is 0 Å². The molecule has 2 aromatic carbocycles. The van der Waals surface area contributed by atoms with E-state index in [9.17, 15) is 9.59 Å². The minimum Gasteiger partial charge on any atom is -0.321 e. The van der Waals surface area contributed by atoms with E-state index < -0.39 is 5.91 Å². The number of amides is 2. The molecule has 27 heavy (non-hydrogen) atoms. The number of hydrogen-bond donors (Lipinski definition) is 1. The first-order valence-electron chi connectivity index (χ1n) is 8.19. The molecule has 1 aromatic heterocycles. The molecule has 0 radical (unpaired) electrons. The van der Waals surface area contributed by atoms with Gasteiger partial charge in [0.25, 0.3) is 11.8 Å². The molecule has 0 spiro atoms. The van der Waals surface area contributed by atoms with Gasteiger partial charge in [-0.05, 0) is 42.5 Å². The zero-order valence-corrected chi connectivity index (χ0v) is 14.6. The van der Waals surface area contributed by atoms with Gasteiger partial charge in [0.05, 0.1) is 11.6 Å². The summed E-state index contributed by atoms with van der Waals surface area (Å²) in [5, 5.41) is 11.6. The van der Waals surface area contributed by atoms with Gasteiger partial charge < -0.3 is 10.2 Å². The third-order valence-electron chi connectivity index (χ3n) is 3.94. The van der Waals surface area contributed by atoms with Crippen molar-refractivity contribution >= 4 is 23.2 Å². The monoisotopic (exact) mass is 356 g/mol. The van der Waals surface area contributed by atoms with Crippen LogP contribution in [0.5, 0.6) is 0 Å². The maximum absolute atomic E-state index is 12.7. The summed E-state index contributed by atoms with van der Waals surface area (Å²) in [5.41, 5.74) is 2.14. The van der Waals surface area contributed by atoms with E-state index in [2.05, 4.69) is 10.3 Å². The fraction of sp³-hybridized carbons (Fsp3) is 0.0476. The summed E-state index contributed by atoms with van der Waals surface area (Å²) in [6.45, 7) is 0. The Bertz CT molecular complexity index is 1030. The van der Waals surface area contributed by atoms with Crippen molar-refractivity contribution in [3.05, 3.63) is 89.7 Å². The highest BCUT2D eigenvalue weighted by molar-refractivity contribution is 6.08. The number of nitrogens with one attached hydrogen (secondary N) is 1. The highest BCUT2D eigenvalue weighted by Gasteiger charge is 2.16. The first-order chi connectivity index (χ1) is 13.1. The Kier molecular flexibility index (Phi) is 5.24. The Morgan fingerprint density at radius 3 is 2.56 bits per heavy atom. The van der Waals surface area contributed by atoms with Gasteiger partial charge in [-0.1, -0.05) is 24.3 Å². The Balaban J connectivity index is 1.79. The molecule has 6 heteroatoms. The van der Waals surface area contributed by atoms with Crippen LogP contribution in [0.4, 0.5) is 11.4 Å². The summed E-state index contributed by atoms with van der Waals surface area (Å²) in [6.07, 6.45) is 1.42. The van der Waals surface area contributed by atoms with E-state index in [1.807, 2.05) is 36.4 Å². The average molecular weight is 356 g/mol. The van der Waals surface area contributed by atoms with Gasteiger partial charge in [0, 0.05) is 30.2 Å². The lowest BCUT2D eigenvalue weighted by molar-refractivity contribution is 0.0993. The molecular formula is C21H16N4O2. The van der Waals surface area contributed by atoms with Crippen molar-refractivity contribution in [2.24, 2.45) is 0 Å². The lowest BCUT2D eigenvalue weighted by Gasteiger charge is -2.17. The van der Waals surface area contributed by atoms with E-state index in [0.29, 0.717) is 16.8 Å². The lowest BCUT2D eigenvalue weighted by Crippen LogP contribution is -2.26. The molecule has 0 aliphatic heterocycles. The van der Waals surface area contributed by atoms with Crippen LogP contribution in [0, 0.1) is 11.3 Å². The Hall–Kier alpha value is -3.98. The number of pyridine rings is 1. The summed E-state index contributed by atoms with van der Waals surface area (Å²) < 4.78 is 0. The summed E-state index contributed by atoms with van der Waals surface area (Å²) in [6, 6.07) is 20.8. The van der Waals surface area contributed by atoms with Crippen molar-refractivity contribution in [1.29, 1.82) is 5.26 Å². The number of para-hydroxylation sites is 1. The minimum absolute atomic E-state index is 0.115. The minimum atomic E-state index is -0.456. The van der Waals surface area contributed by atoms with Crippen molar-refractivity contribution < 1.29 is 9.59 Å². The summed E-state index contributed by atoms with van der Waals surface area (Å²) in [4.78, 5) is 30.7. The van der Waals surface area contributed by atoms with Crippen LogP contribution in [-0.4, -0.2) is 23.8 Å². The zero-order valence-electron chi connectivity index (χ0n) is 14.6. The fourth-order valence-electron chi connectivity index (χ4n) is 2.51. The number of hydrogen-bond acceptors (Lipinski definition) is 4. The predicted molar refractivity (Wildman–Crippen MR) is 103 cm³/mol. The van der Waals surface area contributed by atoms with Crippen LogP contribution in [0.3, 0.4) is 0 Å². The number of carbonyl (C=O) groups excluding carboxylic acids is 2. The summed E-state index contributed by atoms with van der Waals surface area (Å²) >= 11 is 0. The number of nitrogens with zero attached hydrogens (tertiary/aromatic N) is 3. The average Bonchev–Trinajstić information content (AvgIpc) is 2.73. The van der Waals surface area contributed by atoms with Crippen LogP contribution in [-0.2, 0) is 0 Å². The standard InChI is InChI=1S/C21H16N4O2/c1-25(18-8-3-2-4-9-18)21(27)16-10-11-23-19(13-16)20(26)24-17-7-5-6-15(12-17)14-22/h2-13H,1H3,(H,24,26). The smallest absolute Gasteiger partial charge is 0.274 e. The molecule has 0 atom stereocenters. The Labute approximate surface area is 156 Å². The van der Waals surface area contributed by atoms with Crippen molar-refractivity contribution in [2.75, 3.05) is 17.3 Å². The molecule has 0 fully saturated rings. The van der Waals surface area contributed by atoms with E-state index in [0.717, 1.165) is 5.69 Å². The normalized spacial score (nSPS) is 9.93. The van der Waals surface area contributed by atoms with Crippen molar-refractivity contribution in [1.82, 2.24) is 4.98 Å². The van der Waals surface area contributed by atoms with Crippen molar-refractivity contribution in [2.45, 2.75) is 0 Å². The predicted octanol–water partition coefficient (Wildman–Crippen LogP) is 3.48. The van der Waals surface area contributed by atoms with E-state index in [-0.39, 0.29) is 11.6 Å². The fourth-order valence-corrected chi connectivity index (χ4v) is 2.51. The molecule has 0 unspecified atom stereocenters. The van der Waals surface area contributed by atoms with Crippen molar-refractivity contribution in [3.8, 4) is 6.07 Å². The van der Waals surface area contributed by atoms with Gasteiger partial charge in [-0.2, -0.15) is 5.26 Å². The summed E-state index contributed by atoms with van der Waals surface area (Å²) in [7, 11) is 1.67.